The van der Waals surface area contributed by atoms with Gasteiger partial charge >= 0.3 is 0 Å². The van der Waals surface area contributed by atoms with Crippen LogP contribution >= 0.6 is 0 Å². The summed E-state index contributed by atoms with van der Waals surface area (Å²) < 4.78 is 4.64. The predicted molar refractivity (Wildman–Crippen MR) is 399 cm³/mol. The normalized spacial score (nSPS) is 11.2. The van der Waals surface area contributed by atoms with Crippen LogP contribution in [0.1, 0.15) is 11.1 Å². The number of benzene rings is 14. The minimum absolute atomic E-state index is 0.366. The molecule has 0 N–H and O–H groups in total. The lowest BCUT2D eigenvalue weighted by Crippen LogP contribution is -2.04. The minimum Gasteiger partial charge on any atom is -0.309 e. The molecular weight excluding hydrogens is 1190 g/mol. The lowest BCUT2D eigenvalue weighted by Gasteiger charge is -2.18. The van der Waals surface area contributed by atoms with Gasteiger partial charge < -0.3 is 9.13 Å². The number of nitrogens with zero attached hydrogens (tertiary/aromatic N) is 8. The van der Waals surface area contributed by atoms with Gasteiger partial charge in [0, 0.05) is 55.2 Å². The molecule has 0 amide bonds. The fourth-order valence-electron chi connectivity index (χ4n) is 14.0. The lowest BCUT2D eigenvalue weighted by atomic mass is 9.94. The molecule has 0 fully saturated rings. The highest BCUT2D eigenvalue weighted by Crippen LogP contribution is 2.45. The van der Waals surface area contributed by atoms with Crippen molar-refractivity contribution in [2.45, 2.75) is 0 Å². The Bertz CT molecular complexity index is 5610. The minimum atomic E-state index is 0.366. The molecule has 17 aromatic rings. The summed E-state index contributed by atoms with van der Waals surface area (Å²) in [5.41, 5.74) is 23.1. The third-order valence-corrected chi connectivity index (χ3v) is 18.7. The maximum Gasteiger partial charge on any atom is 0.194 e. The zero-order valence-electron chi connectivity index (χ0n) is 52.8. The quantitative estimate of drug-likeness (QED) is 0.113. The van der Waals surface area contributed by atoms with Crippen molar-refractivity contribution in [2.75, 3.05) is 0 Å². The summed E-state index contributed by atoms with van der Waals surface area (Å²) in [4.78, 5) is 21.0. The molecule has 3 heterocycles. The summed E-state index contributed by atoms with van der Waals surface area (Å²) in [5.74, 6) is 1.13. The van der Waals surface area contributed by atoms with E-state index in [0.29, 0.717) is 45.4 Å². The van der Waals surface area contributed by atoms with E-state index in [2.05, 4.69) is 238 Å². The fraction of sp³-hybridized carbons (Fsp3) is 0. The molecule has 0 atom stereocenters. The van der Waals surface area contributed by atoms with E-state index in [1.54, 1.807) is 0 Å². The van der Waals surface area contributed by atoms with Gasteiger partial charge in [-0.05, 0) is 169 Å². The molecule has 0 aliphatic rings. The van der Waals surface area contributed by atoms with Crippen LogP contribution in [0.4, 0.5) is 5.69 Å². The number of aromatic nitrogens is 5. The first-order valence-electron chi connectivity index (χ1n) is 32.4. The third kappa shape index (κ3) is 10.4. The van der Waals surface area contributed by atoms with Crippen molar-refractivity contribution in [1.29, 1.82) is 10.5 Å². The molecule has 0 saturated carbocycles. The van der Waals surface area contributed by atoms with Crippen LogP contribution in [0.5, 0.6) is 0 Å². The monoisotopic (exact) mass is 1250 g/mol. The Labute approximate surface area is 566 Å². The zero-order chi connectivity index (χ0) is 65.6. The molecule has 98 heavy (non-hydrogen) atoms. The topological polar surface area (TPSA) is 100 Å². The summed E-state index contributed by atoms with van der Waals surface area (Å²) in [5, 5.41) is 25.1. The van der Waals surface area contributed by atoms with Gasteiger partial charge in [0.25, 0.3) is 0 Å². The van der Waals surface area contributed by atoms with Crippen molar-refractivity contribution in [3.8, 4) is 136 Å². The maximum atomic E-state index is 10.9. The Balaban J connectivity index is 0.942. The average Bonchev–Trinajstić information content (AvgIpc) is 1.51. The number of hydrogen-bond acceptors (Lipinski definition) is 5. The molecule has 0 aliphatic heterocycles. The fourth-order valence-corrected chi connectivity index (χ4v) is 14.0. The smallest absolute Gasteiger partial charge is 0.194 e. The molecular formula is C90H54N8. The van der Waals surface area contributed by atoms with E-state index in [1.807, 2.05) is 115 Å². The highest BCUT2D eigenvalue weighted by atomic mass is 15.0. The lowest BCUT2D eigenvalue weighted by molar-refractivity contribution is 1.07. The summed E-state index contributed by atoms with van der Waals surface area (Å²) in [6.07, 6.45) is 0. The van der Waals surface area contributed by atoms with Crippen LogP contribution in [0.3, 0.4) is 0 Å². The van der Waals surface area contributed by atoms with Crippen LogP contribution in [0.25, 0.3) is 172 Å². The van der Waals surface area contributed by atoms with E-state index in [1.165, 1.54) is 0 Å². The average molecular weight is 1250 g/mol. The van der Waals surface area contributed by atoms with E-state index >= 15 is 0 Å². The molecule has 8 nitrogen and oxygen atoms in total. The molecule has 0 saturated heterocycles. The first kappa shape index (κ1) is 58.0. The van der Waals surface area contributed by atoms with Crippen LogP contribution in [0.15, 0.2) is 328 Å². The van der Waals surface area contributed by atoms with Crippen molar-refractivity contribution in [3.63, 3.8) is 0 Å². The van der Waals surface area contributed by atoms with E-state index in [4.69, 9.17) is 21.5 Å². The first-order chi connectivity index (χ1) is 48.4. The third-order valence-electron chi connectivity index (χ3n) is 18.7. The van der Waals surface area contributed by atoms with Gasteiger partial charge in [-0.2, -0.15) is 10.5 Å². The molecule has 14 aromatic carbocycles. The van der Waals surface area contributed by atoms with Gasteiger partial charge in [-0.1, -0.05) is 231 Å². The largest absolute Gasteiger partial charge is 0.309 e. The van der Waals surface area contributed by atoms with E-state index in [0.717, 1.165) is 138 Å². The Kier molecular flexibility index (Phi) is 14.5. The Morgan fingerprint density at radius 1 is 0.265 bits per heavy atom. The molecule has 0 radical (unpaired) electrons. The molecule has 0 bridgehead atoms. The van der Waals surface area contributed by atoms with Crippen molar-refractivity contribution in [2.24, 2.45) is 0 Å². The van der Waals surface area contributed by atoms with E-state index in [9.17, 15) is 10.5 Å². The van der Waals surface area contributed by atoms with Gasteiger partial charge in [-0.25, -0.2) is 19.8 Å². The summed E-state index contributed by atoms with van der Waals surface area (Å²) in [6, 6.07) is 117. The number of para-hydroxylation sites is 1. The first-order valence-corrected chi connectivity index (χ1v) is 32.4. The standard InChI is InChI=1S/C90H54N8/c1-93-83-32-17-16-31-76(83)75-44-42-72(98-86-47-39-67(61-23-10-4-11-24-61)52-79(86)80-53-68(40-48-87(80)98)62-25-12-5-13-26-62)55-82(75)90-95-88(69-29-18-28-64(49-69)63-35-33-58(56-91)34-36-63)94-89(96-90)81-54-71(41-43-74(81)73-30-15-14-27-70(73)57-92)97-84-45-37-65(59-19-6-2-7-20-59)50-77(84)78-51-66(38-46-85(78)97)60-21-8-3-9-22-60/h2-55H. The second-order valence-electron chi connectivity index (χ2n) is 24.4. The van der Waals surface area contributed by atoms with Gasteiger partial charge in [-0.15, -0.1) is 0 Å². The van der Waals surface area contributed by atoms with Crippen LogP contribution in [-0.4, -0.2) is 24.1 Å². The maximum absolute atomic E-state index is 10.9. The Morgan fingerprint density at radius 2 is 0.622 bits per heavy atom. The number of nitriles is 2. The van der Waals surface area contributed by atoms with Crippen molar-refractivity contribution >= 4 is 49.3 Å². The molecule has 0 aliphatic carbocycles. The van der Waals surface area contributed by atoms with Gasteiger partial charge in [0.1, 0.15) is 0 Å². The molecule has 0 spiro atoms. The summed E-state index contributed by atoms with van der Waals surface area (Å²) >= 11 is 0. The number of hydrogen-bond donors (Lipinski definition) is 0. The van der Waals surface area contributed by atoms with Crippen molar-refractivity contribution in [1.82, 2.24) is 24.1 Å². The summed E-state index contributed by atoms with van der Waals surface area (Å²) in [6.45, 7) is 8.57. The molecule has 454 valence electrons. The van der Waals surface area contributed by atoms with Crippen LogP contribution in [0, 0.1) is 29.2 Å². The van der Waals surface area contributed by atoms with Crippen molar-refractivity contribution < 1.29 is 0 Å². The van der Waals surface area contributed by atoms with Gasteiger partial charge in [0.2, 0.25) is 0 Å². The molecule has 3 aromatic heterocycles. The SMILES string of the molecule is [C-]#[N+]c1ccccc1-c1ccc(-n2c3ccc(-c4ccccc4)cc3c3cc(-c4ccccc4)ccc32)cc1-c1nc(-c2cccc(-c3ccc(C#N)cc3)c2)nc(-c2cc(-n3c4ccc(-c5ccccc5)cc4c4cc(-c5ccccc5)ccc43)ccc2-c2ccccc2C#N)n1. The Morgan fingerprint density at radius 3 is 1.06 bits per heavy atom. The highest BCUT2D eigenvalue weighted by Gasteiger charge is 2.25. The second-order valence-corrected chi connectivity index (χ2v) is 24.4. The van der Waals surface area contributed by atoms with E-state index < -0.39 is 0 Å². The molecule has 17 rings (SSSR count). The van der Waals surface area contributed by atoms with E-state index in [-0.39, 0.29) is 0 Å². The van der Waals surface area contributed by atoms with Crippen LogP contribution in [0.2, 0.25) is 0 Å². The van der Waals surface area contributed by atoms with Gasteiger partial charge in [0.15, 0.2) is 23.2 Å². The highest BCUT2D eigenvalue weighted by molar-refractivity contribution is 6.13. The number of fused-ring (bicyclic) bond motifs is 6. The summed E-state index contributed by atoms with van der Waals surface area (Å²) in [7, 11) is 0. The predicted octanol–water partition coefficient (Wildman–Crippen LogP) is 23.0. The molecule has 8 heteroatoms. The van der Waals surface area contributed by atoms with Crippen LogP contribution in [-0.2, 0) is 0 Å². The number of rotatable bonds is 12. The van der Waals surface area contributed by atoms with Crippen LogP contribution < -0.4 is 0 Å². The zero-order valence-corrected chi connectivity index (χ0v) is 52.8. The van der Waals surface area contributed by atoms with Crippen molar-refractivity contribution in [3.05, 3.63) is 350 Å². The molecule has 0 unspecified atom stereocenters. The Hall–Kier alpha value is -13.8. The van der Waals surface area contributed by atoms with Gasteiger partial charge in [0.05, 0.1) is 51.9 Å². The van der Waals surface area contributed by atoms with Gasteiger partial charge in [-0.3, -0.25) is 0 Å². The second kappa shape index (κ2) is 24.6.